The topological polar surface area (TPSA) is 124 Å². The Morgan fingerprint density at radius 2 is 1.93 bits per heavy atom. The Labute approximate surface area is 243 Å². The van der Waals surface area contributed by atoms with Crippen LogP contribution in [0.5, 0.6) is 11.6 Å². The van der Waals surface area contributed by atoms with E-state index in [-0.39, 0.29) is 42.1 Å². The summed E-state index contributed by atoms with van der Waals surface area (Å²) in [7, 11) is 0. The second kappa shape index (κ2) is 12.5. The van der Waals surface area contributed by atoms with Gasteiger partial charge in [0.05, 0.1) is 17.3 Å². The zero-order valence-corrected chi connectivity index (χ0v) is 23.6. The molecule has 0 amide bonds. The Morgan fingerprint density at radius 1 is 1.14 bits per heavy atom. The van der Waals surface area contributed by atoms with E-state index in [0.29, 0.717) is 23.4 Å². The van der Waals surface area contributed by atoms with Crippen molar-refractivity contribution in [2.24, 2.45) is 0 Å². The lowest BCUT2D eigenvalue weighted by Gasteiger charge is -2.33. The molecule has 220 valence electrons. The molecule has 2 unspecified atom stereocenters. The molecule has 4 aromatic rings. The summed E-state index contributed by atoms with van der Waals surface area (Å²) in [5.74, 6) is -1.81. The van der Waals surface area contributed by atoms with Gasteiger partial charge in [-0.25, -0.2) is 32.8 Å². The molecule has 0 radical (unpaired) electrons. The monoisotopic (exact) mass is 597 g/mol. The second-order valence-electron chi connectivity index (χ2n) is 10.2. The van der Waals surface area contributed by atoms with E-state index < -0.39 is 40.2 Å². The van der Waals surface area contributed by atoms with Gasteiger partial charge in [0.25, 0.3) is 0 Å². The first-order chi connectivity index (χ1) is 20.1. The standard InChI is InChI=1S/C29H29F3N6O3S/c1-17-23(13-21(30)24(25(17)31)26(38-42(39)40)18-7-4-3-5-8-18)41-27-20(9-6-11-34-27)22-10-12-35-28(37-22)36-19-14-29(2,32)16-33-15-19/h3-13,19,26,33,38H,14-16H2,1-2H3,(H,39,40)(H,35,36,37)/p-1/t19-,26?,29-/m0/s1. The molecule has 5 rings (SSSR count). The molecule has 0 saturated carbocycles. The molecule has 0 aliphatic carbocycles. The van der Waals surface area contributed by atoms with Gasteiger partial charge in [0.1, 0.15) is 23.1 Å². The smallest absolute Gasteiger partial charge is 0.228 e. The molecule has 9 nitrogen and oxygen atoms in total. The molecular formula is C29H28F3N6O3S-. The summed E-state index contributed by atoms with van der Waals surface area (Å²) >= 11 is -2.80. The Bertz CT molecular complexity index is 1590. The predicted octanol–water partition coefficient (Wildman–Crippen LogP) is 4.89. The number of piperidine rings is 1. The first-order valence-electron chi connectivity index (χ1n) is 13.1. The Morgan fingerprint density at radius 3 is 2.67 bits per heavy atom. The normalized spacial score (nSPS) is 20.1. The van der Waals surface area contributed by atoms with Crippen molar-refractivity contribution >= 4 is 17.2 Å². The van der Waals surface area contributed by atoms with E-state index in [1.54, 1.807) is 48.5 Å². The molecule has 4 atom stereocenters. The molecular weight excluding hydrogens is 569 g/mol. The molecule has 3 heterocycles. The van der Waals surface area contributed by atoms with E-state index in [1.165, 1.54) is 26.2 Å². The first kappa shape index (κ1) is 29.6. The number of hydrogen-bond donors (Lipinski definition) is 3. The van der Waals surface area contributed by atoms with Gasteiger partial charge in [-0.15, -0.1) is 0 Å². The van der Waals surface area contributed by atoms with Gasteiger partial charge in [0, 0.05) is 66.4 Å². The molecule has 2 aromatic carbocycles. The van der Waals surface area contributed by atoms with Gasteiger partial charge >= 0.3 is 0 Å². The fourth-order valence-corrected chi connectivity index (χ4v) is 5.37. The van der Waals surface area contributed by atoms with Gasteiger partial charge in [-0.2, -0.15) is 0 Å². The zero-order chi connectivity index (χ0) is 29.9. The van der Waals surface area contributed by atoms with E-state index in [9.17, 15) is 13.2 Å². The van der Waals surface area contributed by atoms with Crippen molar-refractivity contribution < 1.29 is 26.7 Å². The highest BCUT2D eigenvalue weighted by atomic mass is 32.2. The van der Waals surface area contributed by atoms with E-state index in [2.05, 4.69) is 30.3 Å². The molecule has 1 aliphatic heterocycles. The van der Waals surface area contributed by atoms with Crippen LogP contribution in [0.25, 0.3) is 11.3 Å². The van der Waals surface area contributed by atoms with Crippen molar-refractivity contribution in [2.45, 2.75) is 38.0 Å². The lowest BCUT2D eigenvalue weighted by Crippen LogP contribution is -2.50. The molecule has 1 saturated heterocycles. The average molecular weight is 598 g/mol. The van der Waals surface area contributed by atoms with Gasteiger partial charge in [-0.1, -0.05) is 30.3 Å². The van der Waals surface area contributed by atoms with Crippen molar-refractivity contribution in [2.75, 3.05) is 18.4 Å². The minimum Gasteiger partial charge on any atom is -0.760 e. The molecule has 3 N–H and O–H groups in total. The number of nitrogens with one attached hydrogen (secondary N) is 3. The Hall–Kier alpha value is -3.91. The number of benzene rings is 2. The molecule has 42 heavy (non-hydrogen) atoms. The number of halogens is 3. The fourth-order valence-electron chi connectivity index (χ4n) is 4.92. The largest absolute Gasteiger partial charge is 0.760 e. The van der Waals surface area contributed by atoms with E-state index in [0.717, 1.165) is 6.07 Å². The lowest BCUT2D eigenvalue weighted by molar-refractivity contribution is 0.137. The maximum Gasteiger partial charge on any atom is 0.228 e. The van der Waals surface area contributed by atoms with Crippen LogP contribution >= 0.6 is 0 Å². The Kier molecular flexibility index (Phi) is 8.82. The summed E-state index contributed by atoms with van der Waals surface area (Å²) in [6.07, 6.45) is 3.28. The van der Waals surface area contributed by atoms with Gasteiger partial charge in [0.2, 0.25) is 11.8 Å². The van der Waals surface area contributed by atoms with Crippen LogP contribution in [-0.2, 0) is 11.3 Å². The van der Waals surface area contributed by atoms with E-state index in [4.69, 9.17) is 4.74 Å². The third-order valence-corrected chi connectivity index (χ3v) is 7.31. The highest BCUT2D eigenvalue weighted by molar-refractivity contribution is 7.77. The van der Waals surface area contributed by atoms with Crippen molar-refractivity contribution in [1.29, 1.82) is 0 Å². The SMILES string of the molecule is Cc1c(Oc2ncccc2-c2ccnc(N[C@@H]3CNC[C@@](C)(F)C3)n2)cc(F)c(C(NS(=O)[O-])c2ccccc2)c1F. The number of rotatable bonds is 9. The highest BCUT2D eigenvalue weighted by Gasteiger charge is 2.32. The molecule has 1 fully saturated rings. The minimum absolute atomic E-state index is 0.0332. The number of nitrogens with zero attached hydrogens (tertiary/aromatic N) is 3. The van der Waals surface area contributed by atoms with Crippen LogP contribution in [-0.4, -0.2) is 48.5 Å². The molecule has 13 heteroatoms. The Balaban J connectivity index is 1.45. The van der Waals surface area contributed by atoms with Crippen molar-refractivity contribution in [3.63, 3.8) is 0 Å². The van der Waals surface area contributed by atoms with E-state index >= 15 is 8.78 Å². The van der Waals surface area contributed by atoms with Crippen LogP contribution in [0.1, 0.15) is 36.1 Å². The maximum absolute atomic E-state index is 15.7. The van der Waals surface area contributed by atoms with Crippen molar-refractivity contribution in [3.05, 3.63) is 95.3 Å². The highest BCUT2D eigenvalue weighted by Crippen LogP contribution is 2.37. The number of hydrogen-bond acceptors (Lipinski definition) is 8. The van der Waals surface area contributed by atoms with Crippen LogP contribution in [0.2, 0.25) is 0 Å². The van der Waals surface area contributed by atoms with Crippen LogP contribution in [0.15, 0.2) is 67.0 Å². The van der Waals surface area contributed by atoms with Crippen LogP contribution in [0, 0.1) is 18.6 Å². The van der Waals surface area contributed by atoms with Gasteiger partial charge < -0.3 is 19.9 Å². The fraction of sp³-hybridized carbons (Fsp3) is 0.276. The number of ether oxygens (including phenoxy) is 1. The van der Waals surface area contributed by atoms with Gasteiger partial charge in [-0.3, -0.25) is 4.21 Å². The van der Waals surface area contributed by atoms with Crippen LogP contribution in [0.3, 0.4) is 0 Å². The number of anilines is 1. The van der Waals surface area contributed by atoms with E-state index in [1.807, 2.05) is 0 Å². The quantitative estimate of drug-likeness (QED) is 0.233. The number of pyridine rings is 1. The molecule has 0 bridgehead atoms. The number of aromatic nitrogens is 3. The first-order valence-corrected chi connectivity index (χ1v) is 14.2. The summed E-state index contributed by atoms with van der Waals surface area (Å²) in [6.45, 7) is 3.75. The molecule has 0 spiro atoms. The minimum atomic E-state index is -2.80. The predicted molar refractivity (Wildman–Crippen MR) is 151 cm³/mol. The van der Waals surface area contributed by atoms with Crippen LogP contribution < -0.4 is 20.1 Å². The summed E-state index contributed by atoms with van der Waals surface area (Å²) in [4.78, 5) is 13.0. The van der Waals surface area contributed by atoms with Gasteiger partial charge in [-0.05, 0) is 37.6 Å². The average Bonchev–Trinajstić information content (AvgIpc) is 2.95. The summed E-state index contributed by atoms with van der Waals surface area (Å²) in [6, 6.07) is 12.5. The van der Waals surface area contributed by atoms with Crippen molar-refractivity contribution in [1.82, 2.24) is 25.0 Å². The molecule has 1 aliphatic rings. The third-order valence-electron chi connectivity index (χ3n) is 6.88. The van der Waals surface area contributed by atoms with Gasteiger partial charge in [0.15, 0.2) is 0 Å². The number of alkyl halides is 1. The van der Waals surface area contributed by atoms with Crippen LogP contribution in [0.4, 0.5) is 19.1 Å². The third kappa shape index (κ3) is 6.76. The molecule has 2 aromatic heterocycles. The van der Waals surface area contributed by atoms with Crippen molar-refractivity contribution in [3.8, 4) is 22.9 Å². The maximum atomic E-state index is 15.7. The second-order valence-corrected chi connectivity index (χ2v) is 10.9. The summed E-state index contributed by atoms with van der Waals surface area (Å²) in [5, 5.41) is 6.20. The zero-order valence-electron chi connectivity index (χ0n) is 22.7. The lowest BCUT2D eigenvalue weighted by atomic mass is 9.95. The summed E-state index contributed by atoms with van der Waals surface area (Å²) < 4.78 is 76.8. The summed E-state index contributed by atoms with van der Waals surface area (Å²) in [5.41, 5.74) is -0.679.